The second-order valence-corrected chi connectivity index (χ2v) is 19.4. The highest BCUT2D eigenvalue weighted by Gasteiger charge is 2.35. The summed E-state index contributed by atoms with van der Waals surface area (Å²) in [6.07, 6.45) is 9.18. The Kier molecular flexibility index (Phi) is 14.3. The van der Waals surface area contributed by atoms with E-state index in [0.717, 1.165) is 103 Å². The number of carbonyl (C=O) groups is 3. The van der Waals surface area contributed by atoms with Crippen molar-refractivity contribution in [2.24, 2.45) is 0 Å². The zero-order valence-corrected chi connectivity index (χ0v) is 39.8. The Hall–Kier alpha value is -6.25. The minimum Gasteiger partial charge on any atom is -0.489 e. The van der Waals surface area contributed by atoms with Crippen molar-refractivity contribution in [3.05, 3.63) is 119 Å². The van der Waals surface area contributed by atoms with Gasteiger partial charge in [0.15, 0.2) is 17.9 Å². The number of benzene rings is 4. The van der Waals surface area contributed by atoms with Crippen molar-refractivity contribution < 1.29 is 28.0 Å². The second-order valence-electron chi connectivity index (χ2n) is 18.3. The molecular weight excluding hydrogens is 869 g/mol. The fourth-order valence-corrected chi connectivity index (χ4v) is 11.0. The topological polar surface area (TPSA) is 111 Å². The minimum atomic E-state index is -1.01. The summed E-state index contributed by atoms with van der Waals surface area (Å²) in [6.45, 7) is 15.6. The van der Waals surface area contributed by atoms with E-state index in [9.17, 15) is 18.9 Å². The van der Waals surface area contributed by atoms with E-state index >= 15 is 4.39 Å². The van der Waals surface area contributed by atoms with Crippen LogP contribution in [0.2, 0.25) is 0 Å². The number of ether oxygens (including phenoxy) is 1. The van der Waals surface area contributed by atoms with Crippen molar-refractivity contribution in [3.63, 3.8) is 0 Å². The third kappa shape index (κ3) is 9.92. The number of aromatic nitrogens is 2. The van der Waals surface area contributed by atoms with Crippen LogP contribution in [-0.4, -0.2) is 89.5 Å². The molecule has 0 radical (unpaired) electrons. The number of likely N-dealkylation sites (tertiary alicyclic amines) is 1. The van der Waals surface area contributed by atoms with Crippen LogP contribution in [0.4, 0.5) is 26.2 Å². The highest BCUT2D eigenvalue weighted by atomic mass is 32.1. The lowest BCUT2D eigenvalue weighted by Crippen LogP contribution is -2.52. The number of aryl methyl sites for hydroxylation is 1. The molecule has 350 valence electrons. The number of halogens is 2. The van der Waals surface area contributed by atoms with Crippen LogP contribution in [0.5, 0.6) is 5.75 Å². The number of hydrogen-bond acceptors (Lipinski definition) is 10. The van der Waals surface area contributed by atoms with Crippen molar-refractivity contribution in [2.45, 2.75) is 96.3 Å². The van der Waals surface area contributed by atoms with Gasteiger partial charge in [0, 0.05) is 67.5 Å². The summed E-state index contributed by atoms with van der Waals surface area (Å²) in [7, 11) is 1.06. The quantitative estimate of drug-likeness (QED) is 0.0543. The molecule has 14 heteroatoms. The molecule has 11 nitrogen and oxygen atoms in total. The zero-order valence-electron chi connectivity index (χ0n) is 38.9. The van der Waals surface area contributed by atoms with Gasteiger partial charge in [-0.2, -0.15) is 5.12 Å². The van der Waals surface area contributed by atoms with Crippen molar-refractivity contribution in [2.75, 3.05) is 48.4 Å². The molecule has 2 aliphatic rings. The third-order valence-electron chi connectivity index (χ3n) is 13.5. The third-order valence-corrected chi connectivity index (χ3v) is 14.6. The van der Waals surface area contributed by atoms with Gasteiger partial charge in [0.2, 0.25) is 12.4 Å². The molecule has 0 saturated carbocycles. The van der Waals surface area contributed by atoms with Gasteiger partial charge in [-0.15, -0.1) is 17.9 Å². The van der Waals surface area contributed by atoms with Crippen molar-refractivity contribution in [3.8, 4) is 16.2 Å². The Balaban J connectivity index is 0.925. The maximum absolute atomic E-state index is 15.3. The molecule has 0 spiro atoms. The van der Waals surface area contributed by atoms with E-state index in [-0.39, 0.29) is 46.3 Å². The average molecular weight is 928 g/mol. The molecule has 8 rings (SSSR count). The van der Waals surface area contributed by atoms with E-state index in [1.54, 1.807) is 13.0 Å². The van der Waals surface area contributed by atoms with Crippen molar-refractivity contribution >= 4 is 68.9 Å². The average Bonchev–Trinajstić information content (AvgIpc) is 3.64. The fourth-order valence-electron chi connectivity index (χ4n) is 10.0. The Morgan fingerprint density at radius 3 is 2.57 bits per heavy atom. The van der Waals surface area contributed by atoms with Gasteiger partial charge in [-0.25, -0.2) is 14.4 Å². The SMILES string of the molecule is C=CCCC(C(=O)N(C)F)N(C=O)c1ccc(C2CCN(c3ncc4ccc(CN5CCC(Nc6cccc(-c7sc(C=O)c(OCC)c7F)c6)CC5(C)C)cc4n3)CC2)c2cccc(C)c12. The lowest BCUT2D eigenvalue weighted by Gasteiger charge is -2.46. The first-order chi connectivity index (χ1) is 32.3. The maximum atomic E-state index is 15.3. The summed E-state index contributed by atoms with van der Waals surface area (Å²) in [5.41, 5.74) is 6.35. The molecule has 2 aromatic heterocycles. The van der Waals surface area contributed by atoms with Crippen LogP contribution < -0.4 is 19.9 Å². The molecule has 0 aliphatic carbocycles. The lowest BCUT2D eigenvalue weighted by atomic mass is 9.85. The number of piperidine rings is 2. The number of carbonyl (C=O) groups excluding carboxylic acids is 3. The number of rotatable bonds is 17. The molecule has 2 amide bonds. The van der Waals surface area contributed by atoms with Gasteiger partial charge in [0.05, 0.1) is 22.7 Å². The normalized spacial score (nSPS) is 17.0. The van der Waals surface area contributed by atoms with E-state index < -0.39 is 17.8 Å². The highest BCUT2D eigenvalue weighted by molar-refractivity contribution is 7.17. The Morgan fingerprint density at radius 2 is 1.85 bits per heavy atom. The van der Waals surface area contributed by atoms with E-state index in [4.69, 9.17) is 14.7 Å². The molecule has 1 N–H and O–H groups in total. The standard InChI is InChI=1S/C53H59F2N7O4S/c1-7-9-16-45(51(65)59(6)55)62(33-64)44-20-19-41(42-15-10-12-34(3)47(42)44)36-21-24-60(25-22-36)52-56-30-38-18-17-35(27-43(38)58-52)31-61-26-23-40(29-53(61,4)5)57-39-14-11-13-37(28-39)50-48(54)49(66-8-2)46(32-63)67-50/h7,10-15,17-20,27-28,30,32-33,36,40,45,57H,1,8-9,16,21-26,29,31H2,2-6H3. The zero-order chi connectivity index (χ0) is 47.4. The van der Waals surface area contributed by atoms with Crippen LogP contribution in [0, 0.1) is 12.7 Å². The monoisotopic (exact) mass is 927 g/mol. The van der Waals surface area contributed by atoms with Crippen molar-refractivity contribution in [1.29, 1.82) is 0 Å². The van der Waals surface area contributed by atoms with E-state index in [1.807, 2.05) is 55.6 Å². The molecule has 67 heavy (non-hydrogen) atoms. The molecule has 0 bridgehead atoms. The molecule has 2 atom stereocenters. The summed E-state index contributed by atoms with van der Waals surface area (Å²) >= 11 is 1.11. The Labute approximate surface area is 395 Å². The number of likely N-dealkylation sites (N-methyl/N-ethyl adjacent to an activating group) is 1. The lowest BCUT2D eigenvalue weighted by molar-refractivity contribution is -0.145. The van der Waals surface area contributed by atoms with Gasteiger partial charge in [-0.1, -0.05) is 59.1 Å². The molecule has 6 aromatic rings. The summed E-state index contributed by atoms with van der Waals surface area (Å²) in [5, 5.41) is 6.66. The first-order valence-corrected chi connectivity index (χ1v) is 24.0. The number of nitrogens with zero attached hydrogens (tertiary/aromatic N) is 6. The number of anilines is 3. The molecule has 2 aliphatic heterocycles. The largest absolute Gasteiger partial charge is 0.489 e. The Morgan fingerprint density at radius 1 is 1.06 bits per heavy atom. The summed E-state index contributed by atoms with van der Waals surface area (Å²) in [4.78, 5) is 54.0. The molecular formula is C53H59F2N7O4S. The van der Waals surface area contributed by atoms with E-state index in [1.165, 1.54) is 16.0 Å². The van der Waals surface area contributed by atoms with Crippen LogP contribution in [0.25, 0.3) is 32.1 Å². The predicted octanol–water partition coefficient (Wildman–Crippen LogP) is 11.0. The molecule has 2 saturated heterocycles. The second kappa shape index (κ2) is 20.3. The fraction of sp³-hybridized carbons (Fsp3) is 0.377. The van der Waals surface area contributed by atoms with Crippen LogP contribution in [0.15, 0.2) is 91.6 Å². The molecule has 4 heterocycles. The number of amides is 2. The highest BCUT2D eigenvalue weighted by Crippen LogP contribution is 2.42. The van der Waals surface area contributed by atoms with Crippen LogP contribution in [0.1, 0.15) is 91.6 Å². The van der Waals surface area contributed by atoms with Crippen LogP contribution >= 0.6 is 11.3 Å². The van der Waals surface area contributed by atoms with Gasteiger partial charge in [-0.3, -0.25) is 19.3 Å². The van der Waals surface area contributed by atoms with Gasteiger partial charge >= 0.3 is 0 Å². The van der Waals surface area contributed by atoms with Gasteiger partial charge in [0.1, 0.15) is 10.9 Å². The van der Waals surface area contributed by atoms with Gasteiger partial charge < -0.3 is 19.9 Å². The van der Waals surface area contributed by atoms with E-state index in [2.05, 4.69) is 65.9 Å². The van der Waals surface area contributed by atoms with Gasteiger partial charge in [0.25, 0.3) is 5.91 Å². The van der Waals surface area contributed by atoms with Crippen LogP contribution in [0.3, 0.4) is 0 Å². The molecule has 2 unspecified atom stereocenters. The smallest absolute Gasteiger partial charge is 0.273 e. The Bertz CT molecular complexity index is 2790. The number of aldehydes is 1. The molecule has 2 fully saturated rings. The summed E-state index contributed by atoms with van der Waals surface area (Å²) in [6, 6.07) is 23.5. The maximum Gasteiger partial charge on any atom is 0.273 e. The van der Waals surface area contributed by atoms with Gasteiger partial charge in [-0.05, 0) is 124 Å². The first-order valence-electron chi connectivity index (χ1n) is 23.2. The first kappa shape index (κ1) is 47.3. The number of nitrogens with one attached hydrogen (secondary N) is 1. The predicted molar refractivity (Wildman–Crippen MR) is 265 cm³/mol. The number of hydrogen-bond donors (Lipinski definition) is 1. The van der Waals surface area contributed by atoms with Crippen molar-refractivity contribution in [1.82, 2.24) is 20.0 Å². The number of thiophene rings is 1. The van der Waals surface area contributed by atoms with E-state index in [0.29, 0.717) is 41.2 Å². The number of allylic oxidation sites excluding steroid dienone is 1. The molecule has 4 aromatic carbocycles. The summed E-state index contributed by atoms with van der Waals surface area (Å²) in [5.74, 6) is -0.293. The minimum absolute atomic E-state index is 0.0218. The van der Waals surface area contributed by atoms with Crippen LogP contribution in [-0.2, 0) is 16.1 Å². The number of fused-ring (bicyclic) bond motifs is 2. The summed E-state index contributed by atoms with van der Waals surface area (Å²) < 4.78 is 35.1.